The molecule has 0 atom stereocenters. The molecule has 1 fully saturated rings. The van der Waals surface area contributed by atoms with E-state index in [1.807, 2.05) is 0 Å². The Morgan fingerprint density at radius 2 is 1.47 bits per heavy atom. The van der Waals surface area contributed by atoms with Crippen LogP contribution in [0.5, 0.6) is 0 Å². The third-order valence-corrected chi connectivity index (χ3v) is 2.82. The summed E-state index contributed by atoms with van der Waals surface area (Å²) in [6.07, 6.45) is 4.64. The molecule has 1 rings (SSSR count). The molecule has 0 radical (unpaired) electrons. The number of morpholine rings is 1. The van der Waals surface area contributed by atoms with Crippen LogP contribution in [0, 0.1) is 5.41 Å². The first-order chi connectivity index (χ1) is 6.81. The monoisotopic (exact) mass is 211 g/mol. The van der Waals surface area contributed by atoms with Crippen molar-refractivity contribution in [2.45, 2.75) is 40.2 Å². The van der Waals surface area contributed by atoms with Gasteiger partial charge >= 0.3 is 0 Å². The molecule has 88 valence electrons. The van der Waals surface area contributed by atoms with Crippen molar-refractivity contribution >= 4 is 0 Å². The van der Waals surface area contributed by atoms with E-state index in [1.54, 1.807) is 0 Å². The summed E-state index contributed by atoms with van der Waals surface area (Å²) < 4.78 is 5.37. The molecule has 1 aliphatic heterocycles. The lowest BCUT2D eigenvalue weighted by atomic mass is 9.91. The minimum atomic E-state index is 0.150. The van der Waals surface area contributed by atoms with Crippen LogP contribution in [0.2, 0.25) is 0 Å². The predicted molar refractivity (Wildman–Crippen MR) is 65.1 cm³/mol. The maximum atomic E-state index is 5.37. The zero-order valence-electron chi connectivity index (χ0n) is 10.8. The van der Waals surface area contributed by atoms with Crippen molar-refractivity contribution in [2.24, 2.45) is 5.41 Å². The predicted octanol–water partition coefficient (Wildman–Crippen LogP) is 2.70. The average Bonchev–Trinajstić information content (AvgIpc) is 2.16. The zero-order valence-corrected chi connectivity index (χ0v) is 10.8. The molecule has 0 unspecified atom stereocenters. The van der Waals surface area contributed by atoms with Crippen LogP contribution in [0.15, 0.2) is 12.2 Å². The highest BCUT2D eigenvalue weighted by Gasteiger charge is 2.25. The van der Waals surface area contributed by atoms with Gasteiger partial charge in [0.1, 0.15) is 0 Å². The van der Waals surface area contributed by atoms with E-state index >= 15 is 0 Å². The van der Waals surface area contributed by atoms with Crippen LogP contribution >= 0.6 is 0 Å². The SMILES string of the molecule is CC(C)(C)/C=C/C(C)(C)N1CCOCC1. The summed E-state index contributed by atoms with van der Waals surface area (Å²) in [5, 5.41) is 0. The second kappa shape index (κ2) is 4.67. The van der Waals surface area contributed by atoms with E-state index in [-0.39, 0.29) is 11.0 Å². The van der Waals surface area contributed by atoms with Crippen LogP contribution in [-0.4, -0.2) is 36.7 Å². The van der Waals surface area contributed by atoms with Gasteiger partial charge < -0.3 is 4.74 Å². The lowest BCUT2D eigenvalue weighted by molar-refractivity contribution is 0.00455. The average molecular weight is 211 g/mol. The summed E-state index contributed by atoms with van der Waals surface area (Å²) in [7, 11) is 0. The summed E-state index contributed by atoms with van der Waals surface area (Å²) in [5.74, 6) is 0. The quantitative estimate of drug-likeness (QED) is 0.651. The first-order valence-electron chi connectivity index (χ1n) is 5.84. The molecule has 0 amide bonds. The number of ether oxygens (including phenoxy) is 1. The van der Waals surface area contributed by atoms with E-state index in [9.17, 15) is 0 Å². The zero-order chi connectivity index (χ0) is 11.5. The minimum Gasteiger partial charge on any atom is -0.379 e. The van der Waals surface area contributed by atoms with Crippen LogP contribution in [0.1, 0.15) is 34.6 Å². The van der Waals surface area contributed by atoms with E-state index in [0.29, 0.717) is 0 Å². The van der Waals surface area contributed by atoms with Crippen molar-refractivity contribution in [2.75, 3.05) is 26.3 Å². The minimum absolute atomic E-state index is 0.150. The smallest absolute Gasteiger partial charge is 0.0594 e. The van der Waals surface area contributed by atoms with Gasteiger partial charge in [0.25, 0.3) is 0 Å². The maximum Gasteiger partial charge on any atom is 0.0594 e. The Bertz CT molecular complexity index is 219. The molecule has 0 aromatic carbocycles. The third kappa shape index (κ3) is 4.35. The van der Waals surface area contributed by atoms with Crippen LogP contribution in [0.25, 0.3) is 0 Å². The van der Waals surface area contributed by atoms with Gasteiger partial charge in [-0.15, -0.1) is 0 Å². The summed E-state index contributed by atoms with van der Waals surface area (Å²) in [6.45, 7) is 15.1. The van der Waals surface area contributed by atoms with Crippen LogP contribution in [-0.2, 0) is 4.74 Å². The largest absolute Gasteiger partial charge is 0.379 e. The molecule has 1 saturated heterocycles. The number of rotatable bonds is 2. The van der Waals surface area contributed by atoms with Gasteiger partial charge in [-0.3, -0.25) is 4.90 Å². The highest BCUT2D eigenvalue weighted by molar-refractivity contribution is 5.06. The Labute approximate surface area is 94.3 Å². The molecule has 0 aromatic rings. The van der Waals surface area contributed by atoms with Gasteiger partial charge in [0.15, 0.2) is 0 Å². The van der Waals surface area contributed by atoms with Gasteiger partial charge in [0.2, 0.25) is 0 Å². The van der Waals surface area contributed by atoms with E-state index in [0.717, 1.165) is 26.3 Å². The molecule has 0 N–H and O–H groups in total. The highest BCUT2D eigenvalue weighted by atomic mass is 16.5. The normalized spacial score (nSPS) is 21.1. The van der Waals surface area contributed by atoms with Crippen LogP contribution < -0.4 is 0 Å². The number of allylic oxidation sites excluding steroid dienone is 1. The molecule has 0 saturated carbocycles. The fourth-order valence-electron chi connectivity index (χ4n) is 1.70. The lowest BCUT2D eigenvalue weighted by Crippen LogP contribution is -2.48. The molecule has 1 aliphatic rings. The van der Waals surface area contributed by atoms with E-state index in [2.05, 4.69) is 51.7 Å². The van der Waals surface area contributed by atoms with Gasteiger partial charge in [-0.1, -0.05) is 32.9 Å². The third-order valence-electron chi connectivity index (χ3n) is 2.82. The summed E-state index contributed by atoms with van der Waals surface area (Å²) >= 11 is 0. The Morgan fingerprint density at radius 1 is 0.933 bits per heavy atom. The Balaban J connectivity index is 2.60. The van der Waals surface area contributed by atoms with Gasteiger partial charge in [-0.25, -0.2) is 0 Å². The summed E-state index contributed by atoms with van der Waals surface area (Å²) in [4.78, 5) is 2.48. The molecule has 1 heterocycles. The number of hydrogen-bond donors (Lipinski definition) is 0. The molecule has 2 heteroatoms. The Hall–Kier alpha value is -0.340. The highest BCUT2D eigenvalue weighted by Crippen LogP contribution is 2.22. The fourth-order valence-corrected chi connectivity index (χ4v) is 1.70. The summed E-state index contributed by atoms with van der Waals surface area (Å²) in [6, 6.07) is 0. The van der Waals surface area contributed by atoms with Crippen molar-refractivity contribution in [3.8, 4) is 0 Å². The van der Waals surface area contributed by atoms with E-state index in [4.69, 9.17) is 4.74 Å². The Kier molecular flexibility index (Phi) is 3.96. The molecule has 15 heavy (non-hydrogen) atoms. The fraction of sp³-hybridized carbons (Fsp3) is 0.846. The molecule has 0 aromatic heterocycles. The van der Waals surface area contributed by atoms with E-state index < -0.39 is 0 Å². The van der Waals surface area contributed by atoms with Crippen molar-refractivity contribution in [3.63, 3.8) is 0 Å². The second-order valence-electron chi connectivity index (χ2n) is 5.95. The van der Waals surface area contributed by atoms with Crippen molar-refractivity contribution < 1.29 is 4.74 Å². The van der Waals surface area contributed by atoms with E-state index in [1.165, 1.54) is 0 Å². The molecular formula is C13H25NO. The van der Waals surface area contributed by atoms with Crippen molar-refractivity contribution in [3.05, 3.63) is 12.2 Å². The molecule has 0 bridgehead atoms. The van der Waals surface area contributed by atoms with Crippen LogP contribution in [0.4, 0.5) is 0 Å². The van der Waals surface area contributed by atoms with Gasteiger partial charge in [0, 0.05) is 18.6 Å². The standard InChI is InChI=1S/C13H25NO/c1-12(2,3)6-7-13(4,5)14-8-10-15-11-9-14/h6-7H,8-11H2,1-5H3/b7-6+. The molecule has 0 aliphatic carbocycles. The summed E-state index contributed by atoms with van der Waals surface area (Å²) in [5.41, 5.74) is 0.417. The first-order valence-corrected chi connectivity index (χ1v) is 5.84. The molecular weight excluding hydrogens is 186 g/mol. The number of nitrogens with zero attached hydrogens (tertiary/aromatic N) is 1. The second-order valence-corrected chi connectivity index (χ2v) is 5.95. The van der Waals surface area contributed by atoms with Crippen molar-refractivity contribution in [1.29, 1.82) is 0 Å². The van der Waals surface area contributed by atoms with Gasteiger partial charge in [-0.05, 0) is 19.3 Å². The maximum absolute atomic E-state index is 5.37. The van der Waals surface area contributed by atoms with Crippen molar-refractivity contribution in [1.82, 2.24) is 4.90 Å². The van der Waals surface area contributed by atoms with Crippen LogP contribution in [0.3, 0.4) is 0 Å². The van der Waals surface area contributed by atoms with Gasteiger partial charge in [0.05, 0.1) is 13.2 Å². The molecule has 2 nitrogen and oxygen atoms in total. The number of hydrogen-bond acceptors (Lipinski definition) is 2. The Morgan fingerprint density at radius 3 is 1.93 bits per heavy atom. The molecule has 0 spiro atoms. The lowest BCUT2D eigenvalue weighted by Gasteiger charge is -2.39. The topological polar surface area (TPSA) is 12.5 Å². The first kappa shape index (κ1) is 12.7. The van der Waals surface area contributed by atoms with Gasteiger partial charge in [-0.2, -0.15) is 0 Å².